The predicted molar refractivity (Wildman–Crippen MR) is 136 cm³/mol. The summed E-state index contributed by atoms with van der Waals surface area (Å²) in [6.45, 7) is 8.49. The van der Waals surface area contributed by atoms with Crippen LogP contribution in [0.4, 0.5) is 0 Å². The lowest BCUT2D eigenvalue weighted by atomic mass is 10.2. The minimum Gasteiger partial charge on any atom is -0.377 e. The topological polar surface area (TPSA) is 153 Å². The summed E-state index contributed by atoms with van der Waals surface area (Å²) >= 11 is 0. The molecule has 0 aromatic carbocycles. The molecule has 12 heteroatoms. The van der Waals surface area contributed by atoms with E-state index in [9.17, 15) is 19.2 Å². The van der Waals surface area contributed by atoms with E-state index in [0.717, 1.165) is 6.67 Å². The molecule has 0 aliphatic rings. The second-order valence-corrected chi connectivity index (χ2v) is 6.31. The highest BCUT2D eigenvalue weighted by atomic mass is 16.6. The Morgan fingerprint density at radius 1 is 0.559 bits per heavy atom. The number of Topliss-reactive ketones (excluding diaryl/α,β-unsaturated/α-hetero) is 4. The first-order valence-corrected chi connectivity index (χ1v) is 10.4. The molecular weight excluding hydrogens is 448 g/mol. The Bertz CT molecular complexity index is 377. The quantitative estimate of drug-likeness (QED) is 0.211. The number of hydrogen-bond donors (Lipinski definition) is 4. The Hall–Kier alpha value is -1.64. The molecule has 208 valence electrons. The highest BCUT2D eigenvalue weighted by Gasteiger charge is 1.94. The van der Waals surface area contributed by atoms with Crippen molar-refractivity contribution in [2.75, 3.05) is 90.0 Å². The van der Waals surface area contributed by atoms with Gasteiger partial charge in [0.1, 0.15) is 30.7 Å². The zero-order valence-corrected chi connectivity index (χ0v) is 23.5. The maximum atomic E-state index is 10.0. The van der Waals surface area contributed by atoms with Crippen LogP contribution in [0.3, 0.4) is 0 Å². The molecule has 0 amide bonds. The average molecular weight is 501 g/mol. The van der Waals surface area contributed by atoms with Gasteiger partial charge in [-0.05, 0) is 55.9 Å². The highest BCUT2D eigenvalue weighted by molar-refractivity contribution is 5.96. The normalized spacial score (nSPS) is 8.35. The van der Waals surface area contributed by atoms with Crippen LogP contribution in [0.2, 0.25) is 0 Å². The third kappa shape index (κ3) is 127. The van der Waals surface area contributed by atoms with Crippen molar-refractivity contribution >= 4 is 23.1 Å². The molecule has 0 fully saturated rings. The fourth-order valence-corrected chi connectivity index (χ4v) is 1.24. The summed E-state index contributed by atoms with van der Waals surface area (Å²) in [6.07, 6.45) is 0.0833. The van der Waals surface area contributed by atoms with E-state index in [4.69, 9.17) is 0 Å². The van der Waals surface area contributed by atoms with Crippen LogP contribution in [0.1, 0.15) is 34.1 Å². The molecule has 4 N–H and O–H groups in total. The summed E-state index contributed by atoms with van der Waals surface area (Å²) in [4.78, 5) is 40.0. The van der Waals surface area contributed by atoms with E-state index in [1.807, 2.05) is 21.1 Å². The SMILES string of the molecule is CC(=O)CC(C)=O.CNCC(C)=O.CNCNC.CNCOC.COCC(C)=O.COCOC. The molecule has 0 saturated carbocycles. The number of carbonyl (C=O) groups excluding carboxylic acids is 4. The number of rotatable bonds is 12. The minimum atomic E-state index is -0.0625. The molecule has 0 rings (SSSR count). The molecule has 0 bridgehead atoms. The molecule has 0 aromatic heterocycles. The zero-order chi connectivity index (χ0) is 28.2. The van der Waals surface area contributed by atoms with Crippen LogP contribution in [0, 0.1) is 0 Å². The molecular formula is C22H52N4O8. The largest absolute Gasteiger partial charge is 0.377 e. The van der Waals surface area contributed by atoms with Crippen molar-refractivity contribution in [2.24, 2.45) is 0 Å². The lowest BCUT2D eigenvalue weighted by Gasteiger charge is -1.88. The van der Waals surface area contributed by atoms with Crippen LogP contribution < -0.4 is 21.3 Å². The standard InChI is InChI=1S/C5H8O2.C4H9NO.C4H8O2.C3H10N2.C3H9NO.C3H8O2/c1-4(6)3-5(2)7;1-4(6)3-5-2;1-4(5)3-6-2;3*1-4-3-5-2/h3H2,1-2H3;5H,3H2,1-2H3;3H2,1-2H3;4-5H,3H2,1-2H3;4H,3H2,1-2H3;3H2,1-2H3. The van der Waals surface area contributed by atoms with Gasteiger partial charge in [0, 0.05) is 35.1 Å². The predicted octanol–water partition coefficient (Wildman–Crippen LogP) is 0.000200. The lowest BCUT2D eigenvalue weighted by Crippen LogP contribution is -2.21. The van der Waals surface area contributed by atoms with Crippen LogP contribution in [-0.4, -0.2) is 113 Å². The second kappa shape index (κ2) is 48.7. The Labute approximate surface area is 207 Å². The summed E-state index contributed by atoms with van der Waals surface area (Å²) in [7, 11) is 13.7. The van der Waals surface area contributed by atoms with E-state index in [2.05, 4.69) is 40.2 Å². The van der Waals surface area contributed by atoms with Gasteiger partial charge in [-0.2, -0.15) is 0 Å². The maximum absolute atomic E-state index is 10.0. The summed E-state index contributed by atoms with van der Waals surface area (Å²) in [5, 5.41) is 11.3. The van der Waals surface area contributed by atoms with Crippen molar-refractivity contribution in [3.8, 4) is 0 Å². The molecule has 0 aliphatic carbocycles. The van der Waals surface area contributed by atoms with E-state index in [1.165, 1.54) is 27.9 Å². The van der Waals surface area contributed by atoms with Crippen molar-refractivity contribution in [1.29, 1.82) is 0 Å². The van der Waals surface area contributed by atoms with Gasteiger partial charge >= 0.3 is 0 Å². The second-order valence-electron chi connectivity index (χ2n) is 6.31. The first-order valence-electron chi connectivity index (χ1n) is 10.4. The average Bonchev–Trinajstić information content (AvgIpc) is 2.71. The van der Waals surface area contributed by atoms with Gasteiger partial charge in [0.25, 0.3) is 0 Å². The van der Waals surface area contributed by atoms with Crippen molar-refractivity contribution in [1.82, 2.24) is 21.3 Å². The molecule has 0 spiro atoms. The van der Waals surface area contributed by atoms with Crippen LogP contribution in [0.5, 0.6) is 0 Å². The van der Waals surface area contributed by atoms with E-state index in [0.29, 0.717) is 20.1 Å². The Morgan fingerprint density at radius 2 is 1.00 bits per heavy atom. The van der Waals surface area contributed by atoms with Gasteiger partial charge in [0.15, 0.2) is 5.78 Å². The van der Waals surface area contributed by atoms with Gasteiger partial charge in [-0.3, -0.25) is 24.5 Å². The zero-order valence-electron chi connectivity index (χ0n) is 23.5. The third-order valence-corrected chi connectivity index (χ3v) is 2.15. The van der Waals surface area contributed by atoms with E-state index >= 15 is 0 Å². The molecule has 0 radical (unpaired) electrons. The maximum Gasteiger partial charge on any atom is 0.155 e. The van der Waals surface area contributed by atoms with E-state index in [-0.39, 0.29) is 36.2 Å². The molecule has 0 aromatic rings. The number of likely N-dealkylation sites (N-methyl/N-ethyl adjacent to an activating group) is 1. The first kappa shape index (κ1) is 45.8. The Kier molecular flexibility index (Phi) is 65.6. The third-order valence-electron chi connectivity index (χ3n) is 2.15. The summed E-state index contributed by atoms with van der Waals surface area (Å²) in [6, 6.07) is 0. The van der Waals surface area contributed by atoms with Gasteiger partial charge in [-0.25, -0.2) is 0 Å². The Morgan fingerprint density at radius 3 is 1.00 bits per heavy atom. The van der Waals surface area contributed by atoms with Crippen LogP contribution in [-0.2, 0) is 38.1 Å². The van der Waals surface area contributed by atoms with Crippen molar-refractivity contribution < 1.29 is 38.1 Å². The van der Waals surface area contributed by atoms with Gasteiger partial charge in [0.05, 0.1) is 19.7 Å². The molecule has 0 atom stereocenters. The van der Waals surface area contributed by atoms with Crippen LogP contribution >= 0.6 is 0 Å². The number of nitrogens with one attached hydrogen (secondary N) is 4. The fourth-order valence-electron chi connectivity index (χ4n) is 1.24. The molecule has 0 unspecified atom stereocenters. The van der Waals surface area contributed by atoms with Crippen molar-refractivity contribution in [3.63, 3.8) is 0 Å². The smallest absolute Gasteiger partial charge is 0.155 e. The summed E-state index contributed by atoms with van der Waals surface area (Å²) in [5.74, 6) is 0.120. The van der Waals surface area contributed by atoms with Crippen molar-refractivity contribution in [2.45, 2.75) is 34.1 Å². The number of methoxy groups -OCH3 is 4. The van der Waals surface area contributed by atoms with Gasteiger partial charge in [-0.1, -0.05) is 0 Å². The van der Waals surface area contributed by atoms with Crippen LogP contribution in [0.15, 0.2) is 0 Å². The molecule has 0 aliphatic heterocycles. The Balaban J connectivity index is -0.0000000695. The lowest BCUT2D eigenvalue weighted by molar-refractivity contribution is -0.125. The molecule has 0 heterocycles. The molecule has 0 saturated heterocycles. The summed E-state index contributed by atoms with van der Waals surface area (Å²) < 4.78 is 18.0. The van der Waals surface area contributed by atoms with E-state index < -0.39 is 0 Å². The van der Waals surface area contributed by atoms with Crippen LogP contribution in [0.25, 0.3) is 0 Å². The number of ether oxygens (including phenoxy) is 4. The van der Waals surface area contributed by atoms with Gasteiger partial charge in [-0.15, -0.1) is 0 Å². The van der Waals surface area contributed by atoms with E-state index in [1.54, 1.807) is 35.3 Å². The monoisotopic (exact) mass is 500 g/mol. The number of hydrogen-bond acceptors (Lipinski definition) is 12. The fraction of sp³-hybridized carbons (Fsp3) is 0.818. The number of carbonyl (C=O) groups is 4. The minimum absolute atomic E-state index is 0.0625. The highest BCUT2D eigenvalue weighted by Crippen LogP contribution is 1.80. The summed E-state index contributed by atoms with van der Waals surface area (Å²) in [5.41, 5.74) is 0. The van der Waals surface area contributed by atoms with Gasteiger partial charge < -0.3 is 34.9 Å². The molecule has 34 heavy (non-hydrogen) atoms. The van der Waals surface area contributed by atoms with Gasteiger partial charge in [0.2, 0.25) is 0 Å². The first-order chi connectivity index (χ1) is 15.9. The van der Waals surface area contributed by atoms with Crippen molar-refractivity contribution in [3.05, 3.63) is 0 Å². The number of ketones is 4. The molecule has 12 nitrogen and oxygen atoms in total.